The maximum Gasteiger partial charge on any atom is 0.242 e. The predicted molar refractivity (Wildman–Crippen MR) is 102 cm³/mol. The maximum atomic E-state index is 12.5. The van der Waals surface area contributed by atoms with E-state index in [4.69, 9.17) is 0 Å². The van der Waals surface area contributed by atoms with Gasteiger partial charge in [0.1, 0.15) is 6.04 Å². The van der Waals surface area contributed by atoms with Crippen molar-refractivity contribution in [3.63, 3.8) is 0 Å². The summed E-state index contributed by atoms with van der Waals surface area (Å²) >= 11 is 0. The predicted octanol–water partition coefficient (Wildman–Crippen LogP) is 2.83. The first-order valence-electron chi connectivity index (χ1n) is 8.80. The van der Waals surface area contributed by atoms with E-state index in [1.165, 1.54) is 0 Å². The van der Waals surface area contributed by atoms with Gasteiger partial charge in [-0.05, 0) is 36.2 Å². The van der Waals surface area contributed by atoms with Gasteiger partial charge >= 0.3 is 0 Å². The number of nitrogens with one attached hydrogen (secondary N) is 4. The lowest BCUT2D eigenvalue weighted by Gasteiger charge is -2.12. The second-order valence-corrected chi connectivity index (χ2v) is 6.75. The van der Waals surface area contributed by atoms with Gasteiger partial charge in [0, 0.05) is 23.3 Å². The van der Waals surface area contributed by atoms with Gasteiger partial charge in [0.2, 0.25) is 11.8 Å². The quantitative estimate of drug-likeness (QED) is 0.667. The smallest absolute Gasteiger partial charge is 0.242 e. The van der Waals surface area contributed by atoms with Crippen molar-refractivity contribution in [1.82, 2.24) is 10.9 Å². The first-order valence-corrected chi connectivity index (χ1v) is 8.80. The van der Waals surface area contributed by atoms with Crippen LogP contribution in [-0.4, -0.2) is 17.9 Å². The average Bonchev–Trinajstić information content (AvgIpc) is 3.14. The van der Waals surface area contributed by atoms with Gasteiger partial charge in [-0.3, -0.25) is 9.59 Å². The third kappa shape index (κ3) is 4.47. The number of carbonyl (C=O) groups excluding carboxylic acids is 2. The normalized spacial score (nSPS) is 19.3. The van der Waals surface area contributed by atoms with Crippen LogP contribution in [0.5, 0.6) is 0 Å². The van der Waals surface area contributed by atoms with Crippen molar-refractivity contribution in [3.8, 4) is 0 Å². The molecule has 2 aromatic rings. The van der Waals surface area contributed by atoms with Crippen LogP contribution in [0.4, 0.5) is 11.4 Å². The first kappa shape index (κ1) is 18.1. The molecule has 0 saturated carbocycles. The molecule has 0 spiro atoms. The Kier molecular flexibility index (Phi) is 5.65. The fourth-order valence-corrected chi connectivity index (χ4v) is 2.78. The third-order valence-corrected chi connectivity index (χ3v) is 4.37. The second kappa shape index (κ2) is 8.12. The van der Waals surface area contributed by atoms with Gasteiger partial charge < -0.3 is 10.6 Å². The molecule has 1 aliphatic heterocycles. The molecule has 0 bridgehead atoms. The molecule has 2 amide bonds. The zero-order valence-corrected chi connectivity index (χ0v) is 15.0. The monoisotopic (exact) mass is 352 g/mol. The van der Waals surface area contributed by atoms with E-state index in [9.17, 15) is 9.59 Å². The molecule has 26 heavy (non-hydrogen) atoms. The van der Waals surface area contributed by atoms with E-state index in [1.807, 2.05) is 44.2 Å². The fraction of sp³-hybridized carbons (Fsp3) is 0.300. The minimum absolute atomic E-state index is 0.0324. The summed E-state index contributed by atoms with van der Waals surface area (Å²) in [5, 5.41) is 5.73. The highest BCUT2D eigenvalue weighted by Gasteiger charge is 2.30. The summed E-state index contributed by atoms with van der Waals surface area (Å²) in [6.45, 7) is 3.69. The van der Waals surface area contributed by atoms with Crippen LogP contribution in [0.15, 0.2) is 54.6 Å². The van der Waals surface area contributed by atoms with Crippen molar-refractivity contribution in [3.05, 3.63) is 60.2 Å². The first-order chi connectivity index (χ1) is 12.5. The second-order valence-electron chi connectivity index (χ2n) is 6.75. The Balaban J connectivity index is 1.54. The molecular weight excluding hydrogens is 328 g/mol. The number of rotatable bonds is 5. The fourth-order valence-electron chi connectivity index (χ4n) is 2.78. The summed E-state index contributed by atoms with van der Waals surface area (Å²) in [5.74, 6) is -0.197. The standard InChI is InChI=1S/C20H24N4O2/c1-13(2)19(25)21-15-8-10-16(11-9-15)22-20(26)18-12-17(23-24-18)14-6-4-3-5-7-14/h3-11,13,17-18,23-24H,12H2,1-2H3,(H,21,25)(H,22,26). The summed E-state index contributed by atoms with van der Waals surface area (Å²) in [7, 11) is 0. The highest BCUT2D eigenvalue weighted by atomic mass is 16.2. The van der Waals surface area contributed by atoms with Crippen molar-refractivity contribution in [2.75, 3.05) is 10.6 Å². The Morgan fingerprint density at radius 3 is 2.15 bits per heavy atom. The van der Waals surface area contributed by atoms with Crippen molar-refractivity contribution in [2.24, 2.45) is 5.92 Å². The minimum Gasteiger partial charge on any atom is -0.326 e. The number of hydrazine groups is 1. The zero-order valence-electron chi connectivity index (χ0n) is 15.0. The molecule has 0 aliphatic carbocycles. The molecule has 6 heteroatoms. The van der Waals surface area contributed by atoms with Crippen LogP contribution in [0.1, 0.15) is 31.9 Å². The number of anilines is 2. The van der Waals surface area contributed by atoms with Crippen LogP contribution < -0.4 is 21.5 Å². The molecule has 136 valence electrons. The topological polar surface area (TPSA) is 82.3 Å². The van der Waals surface area contributed by atoms with Gasteiger partial charge in [-0.1, -0.05) is 44.2 Å². The highest BCUT2D eigenvalue weighted by molar-refractivity contribution is 5.96. The van der Waals surface area contributed by atoms with Crippen molar-refractivity contribution in [2.45, 2.75) is 32.4 Å². The summed E-state index contributed by atoms with van der Waals surface area (Å²) in [6, 6.07) is 17.0. The van der Waals surface area contributed by atoms with Gasteiger partial charge in [0.25, 0.3) is 0 Å². The molecule has 2 unspecified atom stereocenters. The van der Waals surface area contributed by atoms with Gasteiger partial charge in [0.05, 0.1) is 0 Å². The Labute approximate surface area is 153 Å². The Hall–Kier alpha value is -2.70. The van der Waals surface area contributed by atoms with Gasteiger partial charge in [-0.2, -0.15) is 0 Å². The third-order valence-electron chi connectivity index (χ3n) is 4.37. The van der Waals surface area contributed by atoms with Gasteiger partial charge in [-0.25, -0.2) is 10.9 Å². The molecule has 1 aliphatic rings. The number of amides is 2. The van der Waals surface area contributed by atoms with E-state index in [1.54, 1.807) is 24.3 Å². The molecule has 1 heterocycles. The molecule has 3 rings (SSSR count). The molecule has 1 fully saturated rings. The highest BCUT2D eigenvalue weighted by Crippen LogP contribution is 2.23. The summed E-state index contributed by atoms with van der Waals surface area (Å²) in [4.78, 5) is 24.2. The van der Waals surface area contributed by atoms with E-state index in [0.717, 1.165) is 5.56 Å². The molecule has 2 aromatic carbocycles. The molecular formula is C20H24N4O2. The molecule has 1 saturated heterocycles. The molecule has 0 aromatic heterocycles. The SMILES string of the molecule is CC(C)C(=O)Nc1ccc(NC(=O)C2CC(c3ccccc3)NN2)cc1. The van der Waals surface area contributed by atoms with Crippen molar-refractivity contribution >= 4 is 23.2 Å². The Morgan fingerprint density at radius 1 is 0.923 bits per heavy atom. The van der Waals surface area contributed by atoms with E-state index >= 15 is 0 Å². The number of hydrogen-bond donors (Lipinski definition) is 4. The lowest BCUT2D eigenvalue weighted by molar-refractivity contribution is -0.119. The molecule has 0 radical (unpaired) electrons. The summed E-state index contributed by atoms with van der Waals surface area (Å²) < 4.78 is 0. The van der Waals surface area contributed by atoms with E-state index < -0.39 is 0 Å². The van der Waals surface area contributed by atoms with Crippen LogP contribution in [0.3, 0.4) is 0 Å². The summed E-state index contributed by atoms with van der Waals surface area (Å²) in [6.07, 6.45) is 0.679. The van der Waals surface area contributed by atoms with Crippen molar-refractivity contribution < 1.29 is 9.59 Å². The van der Waals surface area contributed by atoms with E-state index in [0.29, 0.717) is 17.8 Å². The maximum absolute atomic E-state index is 12.5. The summed E-state index contributed by atoms with van der Waals surface area (Å²) in [5.41, 5.74) is 8.79. The molecule has 6 nitrogen and oxygen atoms in total. The van der Waals surface area contributed by atoms with Crippen LogP contribution in [0.25, 0.3) is 0 Å². The lowest BCUT2D eigenvalue weighted by atomic mass is 10.0. The van der Waals surface area contributed by atoms with E-state index in [2.05, 4.69) is 21.5 Å². The van der Waals surface area contributed by atoms with Gasteiger partial charge in [-0.15, -0.1) is 0 Å². The lowest BCUT2D eigenvalue weighted by Crippen LogP contribution is -2.39. The van der Waals surface area contributed by atoms with Crippen LogP contribution in [0, 0.1) is 5.92 Å². The Morgan fingerprint density at radius 2 is 1.54 bits per heavy atom. The zero-order chi connectivity index (χ0) is 18.5. The number of benzene rings is 2. The molecule has 2 atom stereocenters. The minimum atomic E-state index is -0.305. The molecule has 4 N–H and O–H groups in total. The van der Waals surface area contributed by atoms with E-state index in [-0.39, 0.29) is 29.8 Å². The van der Waals surface area contributed by atoms with Crippen molar-refractivity contribution in [1.29, 1.82) is 0 Å². The van der Waals surface area contributed by atoms with Crippen LogP contribution in [0.2, 0.25) is 0 Å². The number of hydrogen-bond acceptors (Lipinski definition) is 4. The Bertz CT molecular complexity index is 759. The average molecular weight is 352 g/mol. The van der Waals surface area contributed by atoms with Crippen LogP contribution in [-0.2, 0) is 9.59 Å². The van der Waals surface area contributed by atoms with Crippen LogP contribution >= 0.6 is 0 Å². The number of carbonyl (C=O) groups is 2. The van der Waals surface area contributed by atoms with Gasteiger partial charge in [0.15, 0.2) is 0 Å². The largest absolute Gasteiger partial charge is 0.326 e.